The van der Waals surface area contributed by atoms with Crippen LogP contribution in [-0.4, -0.2) is 13.0 Å². The SMILES string of the molecule is CCCCCCCCC(CCC)c1cc(C)c(S(=O)(=O)O)cc1C. The van der Waals surface area contributed by atoms with Gasteiger partial charge in [0.2, 0.25) is 0 Å². The molecule has 1 aromatic carbocycles. The number of aryl methyl sites for hydroxylation is 2. The Balaban J connectivity index is 2.83. The molecule has 0 saturated carbocycles. The maximum absolute atomic E-state index is 11.5. The van der Waals surface area contributed by atoms with Crippen molar-refractivity contribution in [1.29, 1.82) is 0 Å². The lowest BCUT2D eigenvalue weighted by Gasteiger charge is -2.20. The summed E-state index contributed by atoms with van der Waals surface area (Å²) in [5, 5.41) is 0. The third kappa shape index (κ3) is 6.56. The zero-order chi connectivity index (χ0) is 18.2. The summed E-state index contributed by atoms with van der Waals surface area (Å²) in [4.78, 5) is 0.0403. The van der Waals surface area contributed by atoms with Crippen LogP contribution in [0.1, 0.15) is 94.2 Å². The molecule has 1 N–H and O–H groups in total. The highest BCUT2D eigenvalue weighted by molar-refractivity contribution is 7.85. The molecule has 24 heavy (non-hydrogen) atoms. The van der Waals surface area contributed by atoms with Crippen molar-refractivity contribution < 1.29 is 13.0 Å². The molecule has 1 unspecified atom stereocenters. The Hall–Kier alpha value is -0.870. The van der Waals surface area contributed by atoms with E-state index in [4.69, 9.17) is 0 Å². The van der Waals surface area contributed by atoms with Crippen molar-refractivity contribution in [1.82, 2.24) is 0 Å². The molecule has 0 aliphatic carbocycles. The van der Waals surface area contributed by atoms with E-state index in [2.05, 4.69) is 13.8 Å². The number of unbranched alkanes of at least 4 members (excludes halogenated alkanes) is 5. The molecule has 0 heterocycles. The molecule has 0 aromatic heterocycles. The molecule has 4 heteroatoms. The molecule has 1 rings (SSSR count). The standard InChI is InChI=1S/C20H34O3S/c1-5-7-8-9-10-11-13-18(12-6-2)19-14-17(4)20(15-16(19)3)24(21,22)23/h14-15,18H,5-13H2,1-4H3,(H,21,22,23). The van der Waals surface area contributed by atoms with E-state index in [0.29, 0.717) is 11.5 Å². The Morgan fingerprint density at radius 2 is 1.50 bits per heavy atom. The first-order chi connectivity index (χ1) is 11.3. The number of rotatable bonds is 11. The average Bonchev–Trinajstić information content (AvgIpc) is 2.50. The molecule has 1 aromatic rings. The molecule has 0 saturated heterocycles. The van der Waals surface area contributed by atoms with Crippen molar-refractivity contribution in [3.8, 4) is 0 Å². The molecule has 0 bridgehead atoms. The summed E-state index contributed by atoms with van der Waals surface area (Å²) < 4.78 is 32.3. The topological polar surface area (TPSA) is 54.4 Å². The van der Waals surface area contributed by atoms with E-state index in [1.54, 1.807) is 13.0 Å². The van der Waals surface area contributed by atoms with Crippen molar-refractivity contribution in [3.05, 3.63) is 28.8 Å². The third-order valence-corrected chi connectivity index (χ3v) is 5.82. The maximum atomic E-state index is 11.5. The first-order valence-corrected chi connectivity index (χ1v) is 10.8. The predicted octanol–water partition coefficient (Wildman–Crippen LogP) is 6.18. The molecule has 0 amide bonds. The van der Waals surface area contributed by atoms with E-state index in [1.807, 2.05) is 13.0 Å². The van der Waals surface area contributed by atoms with Gasteiger partial charge in [0.05, 0.1) is 4.90 Å². The van der Waals surface area contributed by atoms with Crippen molar-refractivity contribution in [2.45, 2.75) is 96.3 Å². The second-order valence-corrected chi connectivity index (χ2v) is 8.38. The molecule has 0 fully saturated rings. The number of benzene rings is 1. The summed E-state index contributed by atoms with van der Waals surface area (Å²) in [5.41, 5.74) is 2.86. The van der Waals surface area contributed by atoms with E-state index in [1.165, 1.54) is 44.1 Å². The average molecular weight is 355 g/mol. The highest BCUT2D eigenvalue weighted by Crippen LogP contribution is 2.32. The third-order valence-electron chi connectivity index (χ3n) is 4.82. The van der Waals surface area contributed by atoms with Crippen LogP contribution >= 0.6 is 0 Å². The summed E-state index contributed by atoms with van der Waals surface area (Å²) in [6, 6.07) is 3.60. The highest BCUT2D eigenvalue weighted by Gasteiger charge is 2.19. The van der Waals surface area contributed by atoms with Gasteiger partial charge in [-0.05, 0) is 55.4 Å². The Kier molecular flexibility index (Phi) is 8.99. The van der Waals surface area contributed by atoms with Crippen molar-refractivity contribution in [3.63, 3.8) is 0 Å². The fourth-order valence-corrected chi connectivity index (χ4v) is 4.30. The van der Waals surface area contributed by atoms with Gasteiger partial charge in [-0.1, -0.05) is 64.9 Å². The Morgan fingerprint density at radius 3 is 2.08 bits per heavy atom. The van der Waals surface area contributed by atoms with E-state index >= 15 is 0 Å². The summed E-state index contributed by atoms with van der Waals surface area (Å²) in [6.45, 7) is 8.15. The minimum Gasteiger partial charge on any atom is -0.282 e. The molecule has 0 aliphatic rings. The lowest BCUT2D eigenvalue weighted by molar-refractivity contribution is 0.482. The zero-order valence-electron chi connectivity index (χ0n) is 15.8. The minimum absolute atomic E-state index is 0.0403. The van der Waals surface area contributed by atoms with Crippen LogP contribution < -0.4 is 0 Å². The largest absolute Gasteiger partial charge is 0.294 e. The predicted molar refractivity (Wildman–Crippen MR) is 101 cm³/mol. The van der Waals surface area contributed by atoms with Crippen molar-refractivity contribution in [2.24, 2.45) is 0 Å². The van der Waals surface area contributed by atoms with E-state index < -0.39 is 10.1 Å². The molecule has 0 aliphatic heterocycles. The lowest BCUT2D eigenvalue weighted by atomic mass is 9.86. The second kappa shape index (κ2) is 10.2. The Morgan fingerprint density at radius 1 is 0.875 bits per heavy atom. The quantitative estimate of drug-likeness (QED) is 0.381. The van der Waals surface area contributed by atoms with Gasteiger partial charge >= 0.3 is 0 Å². The van der Waals surface area contributed by atoms with Gasteiger partial charge in [0.25, 0.3) is 10.1 Å². The maximum Gasteiger partial charge on any atom is 0.294 e. The number of hydrogen-bond donors (Lipinski definition) is 1. The van der Waals surface area contributed by atoms with Gasteiger partial charge in [-0.3, -0.25) is 4.55 Å². The smallest absolute Gasteiger partial charge is 0.282 e. The monoisotopic (exact) mass is 354 g/mol. The molecule has 138 valence electrons. The summed E-state index contributed by atoms with van der Waals surface area (Å²) in [5.74, 6) is 0.482. The van der Waals surface area contributed by atoms with Crippen molar-refractivity contribution >= 4 is 10.1 Å². The van der Waals surface area contributed by atoms with Gasteiger partial charge in [0.1, 0.15) is 0 Å². The van der Waals surface area contributed by atoms with Crippen LogP contribution in [-0.2, 0) is 10.1 Å². The van der Waals surface area contributed by atoms with Crippen LogP contribution in [0.3, 0.4) is 0 Å². The van der Waals surface area contributed by atoms with E-state index in [0.717, 1.165) is 24.8 Å². The Bertz CT molecular complexity index is 606. The fraction of sp³-hybridized carbons (Fsp3) is 0.700. The molecule has 0 radical (unpaired) electrons. The van der Waals surface area contributed by atoms with Gasteiger partial charge in [-0.2, -0.15) is 8.42 Å². The van der Waals surface area contributed by atoms with Crippen LogP contribution in [0, 0.1) is 13.8 Å². The van der Waals surface area contributed by atoms with Crippen molar-refractivity contribution in [2.75, 3.05) is 0 Å². The van der Waals surface area contributed by atoms with E-state index in [9.17, 15) is 13.0 Å². The molecular weight excluding hydrogens is 320 g/mol. The molecule has 1 atom stereocenters. The van der Waals surface area contributed by atoms with Crippen LogP contribution in [0.2, 0.25) is 0 Å². The highest BCUT2D eigenvalue weighted by atomic mass is 32.2. The van der Waals surface area contributed by atoms with E-state index in [-0.39, 0.29) is 4.90 Å². The summed E-state index contributed by atoms with van der Waals surface area (Å²) in [7, 11) is -4.14. The summed E-state index contributed by atoms with van der Waals surface area (Å²) >= 11 is 0. The zero-order valence-corrected chi connectivity index (χ0v) is 16.6. The van der Waals surface area contributed by atoms with Gasteiger partial charge in [-0.25, -0.2) is 0 Å². The van der Waals surface area contributed by atoms with Gasteiger partial charge < -0.3 is 0 Å². The molecular formula is C20H34O3S. The number of hydrogen-bond acceptors (Lipinski definition) is 2. The van der Waals surface area contributed by atoms with Crippen LogP contribution in [0.15, 0.2) is 17.0 Å². The first-order valence-electron chi connectivity index (χ1n) is 9.39. The van der Waals surface area contributed by atoms with Crippen LogP contribution in [0.5, 0.6) is 0 Å². The van der Waals surface area contributed by atoms with Crippen LogP contribution in [0.4, 0.5) is 0 Å². The second-order valence-electron chi connectivity index (χ2n) is 6.99. The fourth-order valence-electron chi connectivity index (χ4n) is 3.50. The molecule has 0 spiro atoms. The van der Waals surface area contributed by atoms with Gasteiger partial charge in [0.15, 0.2) is 0 Å². The summed E-state index contributed by atoms with van der Waals surface area (Å²) in [6.07, 6.45) is 11.2. The van der Waals surface area contributed by atoms with Gasteiger partial charge in [-0.15, -0.1) is 0 Å². The van der Waals surface area contributed by atoms with Crippen LogP contribution in [0.25, 0.3) is 0 Å². The normalized spacial score (nSPS) is 13.2. The first kappa shape index (κ1) is 21.2. The lowest BCUT2D eigenvalue weighted by Crippen LogP contribution is -2.07. The molecule has 3 nitrogen and oxygen atoms in total. The van der Waals surface area contributed by atoms with Gasteiger partial charge in [0, 0.05) is 0 Å². The minimum atomic E-state index is -4.14. The Labute approximate surface area is 148 Å².